The Morgan fingerprint density at radius 1 is 0.767 bits per heavy atom. The van der Waals surface area contributed by atoms with Crippen molar-refractivity contribution >= 4 is 11.9 Å². The molecule has 0 radical (unpaired) electrons. The van der Waals surface area contributed by atoms with E-state index in [1.165, 1.54) is 0 Å². The van der Waals surface area contributed by atoms with Crippen LogP contribution in [0.3, 0.4) is 0 Å². The first-order valence-electron chi connectivity index (χ1n) is 7.90. The van der Waals surface area contributed by atoms with Gasteiger partial charge in [-0.1, -0.05) is 0 Å². The summed E-state index contributed by atoms with van der Waals surface area (Å²) in [5, 5.41) is 0. The summed E-state index contributed by atoms with van der Waals surface area (Å²) >= 11 is 0. The number of pyridine rings is 2. The first kappa shape index (κ1) is 23.0. The summed E-state index contributed by atoms with van der Waals surface area (Å²) in [4.78, 5) is 38.4. The quantitative estimate of drug-likeness (QED) is 0.403. The fraction of sp³-hybridized carbons (Fsp3) is 0.250. The van der Waals surface area contributed by atoms with E-state index in [4.69, 9.17) is 0 Å². The molecule has 0 saturated heterocycles. The molecular weight excluding hydrogens is 426 g/mol. The molecule has 2 aromatic heterocycles. The minimum atomic E-state index is -4.70. The van der Waals surface area contributed by atoms with Crippen molar-refractivity contribution < 1.29 is 45.6 Å². The smallest absolute Gasteiger partial charge is 0.361 e. The number of aromatic nitrogens is 2. The summed E-state index contributed by atoms with van der Waals surface area (Å²) in [6.07, 6.45) is -7.23. The normalized spacial score (nSPS) is 11.8. The highest BCUT2D eigenvalue weighted by molar-refractivity contribution is 6.29. The number of halogens is 6. The van der Waals surface area contributed by atoms with Crippen LogP contribution >= 0.6 is 0 Å². The average molecular weight is 438 g/mol. The molecule has 0 unspecified atom stereocenters. The van der Waals surface area contributed by atoms with Gasteiger partial charge in [-0.05, 0) is 24.3 Å². The lowest BCUT2D eigenvalue weighted by atomic mass is 10.2. The summed E-state index contributed by atoms with van der Waals surface area (Å²) < 4.78 is 76.9. The van der Waals surface area contributed by atoms with E-state index >= 15 is 0 Å². The molecule has 2 heterocycles. The zero-order chi connectivity index (χ0) is 22.4. The lowest BCUT2D eigenvalue weighted by Crippen LogP contribution is -2.32. The van der Waals surface area contributed by atoms with Crippen molar-refractivity contribution in [2.24, 2.45) is 0 Å². The predicted molar refractivity (Wildman–Crippen MR) is 84.3 cm³/mol. The molecule has 0 aliphatic heterocycles. The second-order valence-corrected chi connectivity index (χ2v) is 5.41. The van der Waals surface area contributed by atoms with Gasteiger partial charge >= 0.3 is 24.3 Å². The monoisotopic (exact) mass is 438 g/mol. The van der Waals surface area contributed by atoms with Crippen LogP contribution in [0.1, 0.15) is 22.5 Å². The lowest BCUT2D eigenvalue weighted by Gasteiger charge is -2.12. The number of hydrogen-bond donors (Lipinski definition) is 2. The van der Waals surface area contributed by atoms with E-state index in [9.17, 15) is 35.9 Å². The van der Waals surface area contributed by atoms with Gasteiger partial charge in [-0.3, -0.25) is 9.97 Å². The van der Waals surface area contributed by atoms with Crippen LogP contribution in [0, 0.1) is 0 Å². The van der Waals surface area contributed by atoms with E-state index in [1.54, 1.807) is 0 Å². The molecule has 30 heavy (non-hydrogen) atoms. The fourth-order valence-corrected chi connectivity index (χ4v) is 2.10. The second kappa shape index (κ2) is 9.49. The van der Waals surface area contributed by atoms with Crippen molar-refractivity contribution in [1.29, 1.82) is 0 Å². The minimum Gasteiger partial charge on any atom is -0.361 e. The molecule has 14 heteroatoms. The Bertz CT molecular complexity index is 830. The molecule has 8 nitrogen and oxygen atoms in total. The number of alkyl halides is 6. The summed E-state index contributed by atoms with van der Waals surface area (Å²) in [5.74, 6) is -3.33. The zero-order valence-electron chi connectivity index (χ0n) is 14.7. The van der Waals surface area contributed by atoms with Crippen LogP contribution < -0.4 is 11.0 Å². The molecule has 0 saturated carbocycles. The number of hydrogen-bond acceptors (Lipinski definition) is 8. The Labute approximate surface area is 164 Å². The van der Waals surface area contributed by atoms with Crippen molar-refractivity contribution in [3.05, 3.63) is 59.2 Å². The van der Waals surface area contributed by atoms with E-state index in [1.807, 2.05) is 11.0 Å². The van der Waals surface area contributed by atoms with E-state index in [0.29, 0.717) is 0 Å². The molecule has 0 aliphatic carbocycles. The van der Waals surface area contributed by atoms with Gasteiger partial charge in [0.1, 0.15) is 0 Å². The molecular formula is C16H12F6N4O4. The highest BCUT2D eigenvalue weighted by atomic mass is 19.4. The number of carbonyl (C=O) groups is 2. The molecule has 162 valence electrons. The van der Waals surface area contributed by atoms with Crippen molar-refractivity contribution in [3.8, 4) is 0 Å². The average Bonchev–Trinajstić information content (AvgIpc) is 2.67. The predicted octanol–water partition coefficient (Wildman–Crippen LogP) is 2.31. The standard InChI is InChI=1S/C16H12F6N4O4/c17-15(18,19)9-3-1-5-23-11(9)7-25-29-13(27)14(28)30-26-8-12-10(16(20,21)22)4-2-6-24-12/h1-6,25-26H,7-8H2. The molecule has 2 N–H and O–H groups in total. The Morgan fingerprint density at radius 2 is 1.13 bits per heavy atom. The van der Waals surface area contributed by atoms with Crippen LogP contribution in [0.2, 0.25) is 0 Å². The molecule has 0 spiro atoms. The summed E-state index contributed by atoms with van der Waals surface area (Å²) in [6, 6.07) is 3.65. The third kappa shape index (κ3) is 6.38. The highest BCUT2D eigenvalue weighted by Crippen LogP contribution is 2.31. The van der Waals surface area contributed by atoms with Crippen molar-refractivity contribution in [2.45, 2.75) is 25.4 Å². The zero-order valence-corrected chi connectivity index (χ0v) is 14.7. The molecule has 2 rings (SSSR count). The largest absolute Gasteiger partial charge is 0.437 e. The molecule has 0 fully saturated rings. The molecule has 0 aliphatic rings. The number of nitrogens with zero attached hydrogens (tertiary/aromatic N) is 2. The van der Waals surface area contributed by atoms with E-state index in [-0.39, 0.29) is 0 Å². The first-order valence-corrected chi connectivity index (χ1v) is 7.90. The van der Waals surface area contributed by atoms with Crippen LogP contribution in [0.4, 0.5) is 26.3 Å². The van der Waals surface area contributed by atoms with Gasteiger partial charge in [0, 0.05) is 12.4 Å². The molecule has 0 aromatic carbocycles. The lowest BCUT2D eigenvalue weighted by molar-refractivity contribution is -0.177. The van der Waals surface area contributed by atoms with Crippen LogP contribution in [0.5, 0.6) is 0 Å². The highest BCUT2D eigenvalue weighted by Gasteiger charge is 2.34. The van der Waals surface area contributed by atoms with Crippen LogP contribution in [-0.4, -0.2) is 21.9 Å². The van der Waals surface area contributed by atoms with Gasteiger partial charge in [-0.25, -0.2) is 9.59 Å². The van der Waals surface area contributed by atoms with E-state index in [0.717, 1.165) is 36.7 Å². The van der Waals surface area contributed by atoms with E-state index in [2.05, 4.69) is 19.6 Å². The van der Waals surface area contributed by atoms with E-state index < -0.39 is 59.9 Å². The molecule has 0 atom stereocenters. The Hall–Kier alpha value is -3.26. The summed E-state index contributed by atoms with van der Waals surface area (Å²) in [5.41, 5.74) is 0.508. The van der Waals surface area contributed by atoms with Gasteiger partial charge in [-0.2, -0.15) is 26.3 Å². The van der Waals surface area contributed by atoms with Gasteiger partial charge in [0.15, 0.2) is 0 Å². The van der Waals surface area contributed by atoms with Crippen molar-refractivity contribution in [2.75, 3.05) is 0 Å². The minimum absolute atomic E-state index is 0.501. The Morgan fingerprint density at radius 3 is 1.47 bits per heavy atom. The van der Waals surface area contributed by atoms with Gasteiger partial charge in [0.25, 0.3) is 0 Å². The van der Waals surface area contributed by atoms with Crippen LogP contribution in [0.15, 0.2) is 36.7 Å². The van der Waals surface area contributed by atoms with Gasteiger partial charge in [-0.15, -0.1) is 11.0 Å². The first-order chi connectivity index (χ1) is 14.0. The van der Waals surface area contributed by atoms with Crippen molar-refractivity contribution in [3.63, 3.8) is 0 Å². The molecule has 0 amide bonds. The third-order valence-electron chi connectivity index (χ3n) is 3.37. The third-order valence-corrected chi connectivity index (χ3v) is 3.37. The summed E-state index contributed by atoms with van der Waals surface area (Å²) in [6.45, 7) is -1.35. The number of carbonyl (C=O) groups excluding carboxylic acids is 2. The van der Waals surface area contributed by atoms with Crippen molar-refractivity contribution in [1.82, 2.24) is 20.9 Å². The number of rotatable bonds is 6. The fourth-order valence-electron chi connectivity index (χ4n) is 2.10. The summed E-state index contributed by atoms with van der Waals surface area (Å²) in [7, 11) is 0. The molecule has 0 bridgehead atoms. The van der Waals surface area contributed by atoms with Crippen LogP contribution in [0.25, 0.3) is 0 Å². The van der Waals surface area contributed by atoms with Crippen LogP contribution in [-0.2, 0) is 44.7 Å². The number of hydroxylamine groups is 2. The van der Waals surface area contributed by atoms with Gasteiger partial charge < -0.3 is 9.68 Å². The maximum Gasteiger partial charge on any atom is 0.437 e. The molecule has 2 aromatic rings. The van der Waals surface area contributed by atoms with Gasteiger partial charge in [0.2, 0.25) is 0 Å². The SMILES string of the molecule is O=C(ONCc1ncccc1C(F)(F)F)C(=O)ONCc1ncccc1C(F)(F)F. The maximum absolute atomic E-state index is 12.8. The second-order valence-electron chi connectivity index (χ2n) is 5.41. The Balaban J connectivity index is 1.83. The van der Waals surface area contributed by atoms with Gasteiger partial charge in [0.05, 0.1) is 35.6 Å². The Kier molecular flexibility index (Phi) is 7.28. The number of nitrogens with one attached hydrogen (secondary N) is 2. The topological polar surface area (TPSA) is 102 Å². The maximum atomic E-state index is 12.8.